The molecule has 1 N–H and O–H groups in total. The number of hydrogen-bond acceptors (Lipinski definition) is 8. The van der Waals surface area contributed by atoms with Crippen LogP contribution in [-0.2, 0) is 30.2 Å². The highest BCUT2D eigenvalue weighted by molar-refractivity contribution is 7.18. The summed E-state index contributed by atoms with van der Waals surface area (Å²) in [6, 6.07) is 8.95. The van der Waals surface area contributed by atoms with E-state index in [2.05, 4.69) is 10.1 Å². The van der Waals surface area contributed by atoms with Crippen molar-refractivity contribution in [1.82, 2.24) is 0 Å². The van der Waals surface area contributed by atoms with E-state index in [1.165, 1.54) is 14.2 Å². The van der Waals surface area contributed by atoms with E-state index in [1.54, 1.807) is 31.2 Å². The molecule has 8 nitrogen and oxygen atoms in total. The smallest absolute Gasteiger partial charge is 0.348 e. The molecule has 1 aromatic carbocycles. The summed E-state index contributed by atoms with van der Waals surface area (Å²) in [6.07, 6.45) is 0.0339. The summed E-state index contributed by atoms with van der Waals surface area (Å²) in [4.78, 5) is 48.0. The van der Waals surface area contributed by atoms with Gasteiger partial charge in [0.15, 0.2) is 6.61 Å². The van der Waals surface area contributed by atoms with Crippen molar-refractivity contribution in [3.63, 3.8) is 0 Å². The molecule has 0 atom stereocenters. The Balaban J connectivity index is 2.05. The third-order valence-corrected chi connectivity index (χ3v) is 4.90. The first-order valence-corrected chi connectivity index (χ1v) is 8.98. The molecule has 2 rings (SSSR count). The molecule has 9 heteroatoms. The highest BCUT2D eigenvalue weighted by Crippen LogP contribution is 2.34. The Morgan fingerprint density at radius 1 is 1.00 bits per heavy atom. The average Bonchev–Trinajstić information content (AvgIpc) is 3.01. The van der Waals surface area contributed by atoms with Gasteiger partial charge >= 0.3 is 17.9 Å². The number of carbonyl (C=O) groups is 4. The molecule has 148 valence electrons. The molecule has 0 bridgehead atoms. The second kappa shape index (κ2) is 9.65. The molecule has 0 unspecified atom stereocenters. The van der Waals surface area contributed by atoms with Crippen molar-refractivity contribution in [2.45, 2.75) is 13.3 Å². The number of carbonyl (C=O) groups excluding carboxylic acids is 4. The van der Waals surface area contributed by atoms with Crippen molar-refractivity contribution in [3.8, 4) is 0 Å². The fraction of sp³-hybridized carbons (Fsp3) is 0.263. The van der Waals surface area contributed by atoms with E-state index in [0.29, 0.717) is 5.56 Å². The number of methoxy groups -OCH3 is 2. The molecule has 0 saturated heterocycles. The quantitative estimate of drug-likeness (QED) is 0.556. The lowest BCUT2D eigenvalue weighted by Gasteiger charge is -2.07. The fourth-order valence-corrected chi connectivity index (χ4v) is 3.49. The molecule has 1 heterocycles. The Hall–Kier alpha value is -3.20. The number of rotatable bonds is 7. The zero-order valence-corrected chi connectivity index (χ0v) is 16.4. The van der Waals surface area contributed by atoms with Crippen molar-refractivity contribution < 1.29 is 33.4 Å². The predicted octanol–water partition coefficient (Wildman–Crippen LogP) is 2.35. The fourth-order valence-electron chi connectivity index (χ4n) is 2.36. The number of nitrogens with one attached hydrogen (secondary N) is 1. The summed E-state index contributed by atoms with van der Waals surface area (Å²) >= 11 is 0.880. The number of ether oxygens (including phenoxy) is 3. The summed E-state index contributed by atoms with van der Waals surface area (Å²) < 4.78 is 14.3. The summed E-state index contributed by atoms with van der Waals surface area (Å²) in [5, 5.41) is 2.60. The standard InChI is InChI=1S/C19H19NO7S/c1-11-15(18(23)25-2)17(28-16(11)19(24)26-3)20-13(21)10-27-14(22)9-12-7-5-4-6-8-12/h4-8H,9-10H2,1-3H3,(H,20,21). The van der Waals surface area contributed by atoms with Crippen LogP contribution >= 0.6 is 11.3 Å². The van der Waals surface area contributed by atoms with Crippen LogP contribution in [-0.4, -0.2) is 44.6 Å². The first-order chi connectivity index (χ1) is 13.4. The Labute approximate surface area is 165 Å². The zero-order chi connectivity index (χ0) is 20.7. The molecule has 1 amide bonds. The maximum Gasteiger partial charge on any atom is 0.348 e. The van der Waals surface area contributed by atoms with Crippen LogP contribution in [0.15, 0.2) is 30.3 Å². The van der Waals surface area contributed by atoms with Crippen LogP contribution in [0.5, 0.6) is 0 Å². The van der Waals surface area contributed by atoms with Crippen LogP contribution in [0.25, 0.3) is 0 Å². The van der Waals surface area contributed by atoms with E-state index in [4.69, 9.17) is 9.47 Å². The van der Waals surface area contributed by atoms with E-state index < -0.39 is 30.4 Å². The minimum Gasteiger partial charge on any atom is -0.465 e. The maximum absolute atomic E-state index is 12.1. The zero-order valence-electron chi connectivity index (χ0n) is 15.6. The third kappa shape index (κ3) is 5.17. The van der Waals surface area contributed by atoms with Gasteiger partial charge in [0, 0.05) is 0 Å². The van der Waals surface area contributed by atoms with Gasteiger partial charge in [0.05, 0.1) is 26.2 Å². The van der Waals surface area contributed by atoms with E-state index in [1.807, 2.05) is 6.07 Å². The van der Waals surface area contributed by atoms with Gasteiger partial charge in [0.1, 0.15) is 9.88 Å². The lowest BCUT2D eigenvalue weighted by molar-refractivity contribution is -0.146. The number of benzene rings is 1. The van der Waals surface area contributed by atoms with E-state index >= 15 is 0 Å². The predicted molar refractivity (Wildman–Crippen MR) is 101 cm³/mol. The lowest BCUT2D eigenvalue weighted by Crippen LogP contribution is -2.22. The molecule has 0 radical (unpaired) electrons. The number of amides is 1. The normalized spacial score (nSPS) is 10.1. The lowest BCUT2D eigenvalue weighted by atomic mass is 10.1. The van der Waals surface area contributed by atoms with E-state index in [9.17, 15) is 19.2 Å². The second-order valence-corrected chi connectivity index (χ2v) is 6.64. The Kier molecular flexibility index (Phi) is 7.28. The first kappa shape index (κ1) is 21.1. The summed E-state index contributed by atoms with van der Waals surface area (Å²) in [5.41, 5.74) is 1.15. The topological polar surface area (TPSA) is 108 Å². The van der Waals surface area contributed by atoms with Crippen LogP contribution in [0.4, 0.5) is 5.00 Å². The highest BCUT2D eigenvalue weighted by atomic mass is 32.1. The molecule has 1 aromatic heterocycles. The van der Waals surface area contributed by atoms with Gasteiger partial charge in [0.2, 0.25) is 0 Å². The molecule has 2 aromatic rings. The highest BCUT2D eigenvalue weighted by Gasteiger charge is 2.26. The SMILES string of the molecule is COC(=O)c1sc(NC(=O)COC(=O)Cc2ccccc2)c(C(=O)OC)c1C. The van der Waals surface area contributed by atoms with Crippen molar-refractivity contribution in [3.05, 3.63) is 51.9 Å². The Morgan fingerprint density at radius 2 is 1.64 bits per heavy atom. The Morgan fingerprint density at radius 3 is 2.25 bits per heavy atom. The number of thiophene rings is 1. The number of esters is 3. The molecular weight excluding hydrogens is 386 g/mol. The molecule has 0 fully saturated rings. The van der Waals surface area contributed by atoms with Gasteiger partial charge in [-0.2, -0.15) is 0 Å². The average molecular weight is 405 g/mol. The van der Waals surface area contributed by atoms with Crippen molar-refractivity contribution in [1.29, 1.82) is 0 Å². The van der Waals surface area contributed by atoms with Crippen LogP contribution < -0.4 is 5.32 Å². The molecule has 28 heavy (non-hydrogen) atoms. The third-order valence-electron chi connectivity index (χ3n) is 3.72. The van der Waals surface area contributed by atoms with Gasteiger partial charge in [-0.15, -0.1) is 11.3 Å². The minimum atomic E-state index is -0.708. The van der Waals surface area contributed by atoms with E-state index in [-0.39, 0.29) is 21.9 Å². The molecule has 0 spiro atoms. The van der Waals surface area contributed by atoms with Crippen LogP contribution in [0.1, 0.15) is 31.2 Å². The monoisotopic (exact) mass is 405 g/mol. The Bertz CT molecular complexity index is 889. The first-order valence-electron chi connectivity index (χ1n) is 8.16. The molecule has 0 aliphatic heterocycles. The van der Waals surface area contributed by atoms with E-state index in [0.717, 1.165) is 16.9 Å². The van der Waals surface area contributed by atoms with Crippen LogP contribution in [0.2, 0.25) is 0 Å². The summed E-state index contributed by atoms with van der Waals surface area (Å²) in [6.45, 7) is 1.02. The molecule has 0 aliphatic rings. The number of hydrogen-bond donors (Lipinski definition) is 1. The summed E-state index contributed by atoms with van der Waals surface area (Å²) in [7, 11) is 2.40. The van der Waals surface area contributed by atoms with Gasteiger partial charge in [0.25, 0.3) is 5.91 Å². The van der Waals surface area contributed by atoms with Crippen molar-refractivity contribution in [2.24, 2.45) is 0 Å². The van der Waals surface area contributed by atoms with Gasteiger partial charge in [-0.05, 0) is 18.1 Å². The van der Waals surface area contributed by atoms with Crippen LogP contribution in [0, 0.1) is 6.92 Å². The van der Waals surface area contributed by atoms with Crippen molar-refractivity contribution >= 4 is 40.2 Å². The largest absolute Gasteiger partial charge is 0.465 e. The van der Waals surface area contributed by atoms with Gasteiger partial charge in [-0.1, -0.05) is 30.3 Å². The molecule has 0 aliphatic carbocycles. The van der Waals surface area contributed by atoms with Gasteiger partial charge in [-0.25, -0.2) is 9.59 Å². The maximum atomic E-state index is 12.1. The number of anilines is 1. The van der Waals surface area contributed by atoms with Gasteiger partial charge in [-0.3, -0.25) is 9.59 Å². The molecular formula is C19H19NO7S. The summed E-state index contributed by atoms with van der Waals surface area (Å²) in [5.74, 6) is -2.56. The molecule has 0 saturated carbocycles. The minimum absolute atomic E-state index is 0.0339. The van der Waals surface area contributed by atoms with Gasteiger partial charge < -0.3 is 19.5 Å². The second-order valence-electron chi connectivity index (χ2n) is 5.61. The van der Waals surface area contributed by atoms with Crippen molar-refractivity contribution in [2.75, 3.05) is 26.1 Å². The van der Waals surface area contributed by atoms with Crippen LogP contribution in [0.3, 0.4) is 0 Å².